The van der Waals surface area contributed by atoms with Crippen LogP contribution in [0.4, 0.5) is 4.79 Å². The van der Waals surface area contributed by atoms with Crippen LogP contribution in [0.15, 0.2) is 36.4 Å². The number of urea groups is 1. The molecule has 4 N–H and O–H groups in total. The summed E-state index contributed by atoms with van der Waals surface area (Å²) in [6.07, 6.45) is 0. The molecule has 2 aromatic carbocycles. The largest absolute Gasteiger partial charge is 0.493 e. The Bertz CT molecular complexity index is 1160. The van der Waals surface area contributed by atoms with Crippen molar-refractivity contribution in [2.75, 3.05) is 27.4 Å². The molecule has 2 aliphatic heterocycles. The lowest BCUT2D eigenvalue weighted by atomic mass is 9.65. The molecule has 0 radical (unpaired) electrons. The molecule has 4 amide bonds. The Morgan fingerprint density at radius 2 is 1.19 bits per heavy atom. The summed E-state index contributed by atoms with van der Waals surface area (Å²) in [5.74, 6) is 0.235. The van der Waals surface area contributed by atoms with Crippen LogP contribution in [0.5, 0.6) is 23.0 Å². The van der Waals surface area contributed by atoms with Crippen LogP contribution in [0, 0.1) is 5.41 Å². The molecule has 2 heterocycles. The minimum absolute atomic E-state index is 0.207. The van der Waals surface area contributed by atoms with Gasteiger partial charge in [0, 0.05) is 0 Å². The first-order chi connectivity index (χ1) is 17.8. The van der Waals surface area contributed by atoms with E-state index in [4.69, 9.17) is 31.2 Å². The summed E-state index contributed by atoms with van der Waals surface area (Å²) < 4.78 is 22.2. The van der Waals surface area contributed by atoms with Gasteiger partial charge in [-0.3, -0.25) is 20.2 Å². The highest BCUT2D eigenvalue weighted by Gasteiger charge is 2.64. The maximum atomic E-state index is 13.7. The number of barbiturate groups is 1. The first-order valence-electron chi connectivity index (χ1n) is 11.6. The topological polar surface area (TPSA) is 136 Å². The molecule has 196 valence electrons. The smallest absolute Gasteiger partial charge is 0.328 e. The van der Waals surface area contributed by atoms with Gasteiger partial charge < -0.3 is 29.6 Å². The fraction of sp³-hybridized carbons (Fsp3) is 0.360. The van der Waals surface area contributed by atoms with Crippen molar-refractivity contribution in [3.05, 3.63) is 47.5 Å². The van der Waals surface area contributed by atoms with E-state index in [1.807, 2.05) is 13.8 Å². The third kappa shape index (κ3) is 4.48. The molecule has 2 saturated heterocycles. The highest BCUT2D eigenvalue weighted by Crippen LogP contribution is 2.50. The summed E-state index contributed by atoms with van der Waals surface area (Å²) in [6.45, 7) is 4.53. The van der Waals surface area contributed by atoms with Gasteiger partial charge in [0.25, 0.3) is 0 Å². The normalized spacial score (nSPS) is 20.3. The molecule has 0 saturated carbocycles. The van der Waals surface area contributed by atoms with Crippen molar-refractivity contribution in [1.29, 1.82) is 0 Å². The molecule has 2 atom stereocenters. The Morgan fingerprint density at radius 3 is 1.57 bits per heavy atom. The van der Waals surface area contributed by atoms with Crippen molar-refractivity contribution in [3.63, 3.8) is 0 Å². The summed E-state index contributed by atoms with van der Waals surface area (Å²) >= 11 is 5.51. The van der Waals surface area contributed by atoms with Crippen LogP contribution in [0.1, 0.15) is 37.1 Å². The van der Waals surface area contributed by atoms with Crippen LogP contribution >= 0.6 is 12.2 Å². The Labute approximate surface area is 219 Å². The number of hydrogen-bond donors (Lipinski definition) is 4. The molecule has 2 aromatic rings. The van der Waals surface area contributed by atoms with Gasteiger partial charge in [-0.15, -0.1) is 0 Å². The van der Waals surface area contributed by atoms with Crippen LogP contribution in [-0.4, -0.2) is 50.4 Å². The summed E-state index contributed by atoms with van der Waals surface area (Å²) in [7, 11) is 2.98. The first-order valence-corrected chi connectivity index (χ1v) is 12.1. The third-order valence-corrected chi connectivity index (χ3v) is 6.54. The number of imide groups is 2. The standard InChI is InChI=1S/C25H28N4O7S/c1-5-35-15-9-7-13(11-17(15)33-3)19-25(21(30)28-23(32)29-22(25)31)20(27-24(37)26-19)14-8-10-16(36-6-2)18(12-14)34-4/h7-12,19-20H,5-6H2,1-4H3,(H2,26,27,37)(H2,28,29,30,31,32). The molecule has 2 fully saturated rings. The molecule has 2 aliphatic rings. The summed E-state index contributed by atoms with van der Waals surface area (Å²) in [6, 6.07) is 7.29. The van der Waals surface area contributed by atoms with Gasteiger partial charge in [0.05, 0.1) is 39.5 Å². The maximum absolute atomic E-state index is 13.7. The lowest BCUT2D eigenvalue weighted by molar-refractivity contribution is -0.149. The van der Waals surface area contributed by atoms with Crippen molar-refractivity contribution >= 4 is 35.2 Å². The zero-order chi connectivity index (χ0) is 26.7. The average Bonchev–Trinajstić information content (AvgIpc) is 2.88. The number of carbonyl (C=O) groups is 3. The zero-order valence-corrected chi connectivity index (χ0v) is 21.6. The fourth-order valence-electron chi connectivity index (χ4n) is 4.74. The van der Waals surface area contributed by atoms with Gasteiger partial charge in [0.15, 0.2) is 33.5 Å². The number of thiocarbonyl (C=S) groups is 1. The number of rotatable bonds is 8. The molecular weight excluding hydrogens is 500 g/mol. The second kappa shape index (κ2) is 10.5. The van der Waals surface area contributed by atoms with E-state index in [0.29, 0.717) is 47.3 Å². The Kier molecular flexibility index (Phi) is 7.39. The SMILES string of the molecule is CCOc1ccc(C2NC(=S)NC(c3ccc(OCC)c(OC)c3)C23C(=O)NC(=O)NC3=O)cc1OC. The molecule has 37 heavy (non-hydrogen) atoms. The van der Waals surface area contributed by atoms with E-state index in [0.717, 1.165) is 0 Å². The van der Waals surface area contributed by atoms with E-state index in [9.17, 15) is 14.4 Å². The maximum Gasteiger partial charge on any atom is 0.328 e. The van der Waals surface area contributed by atoms with Gasteiger partial charge in [0.2, 0.25) is 11.8 Å². The highest BCUT2D eigenvalue weighted by atomic mass is 32.1. The van der Waals surface area contributed by atoms with Gasteiger partial charge in [0.1, 0.15) is 0 Å². The number of nitrogens with one attached hydrogen (secondary N) is 4. The number of ether oxygens (including phenoxy) is 4. The highest BCUT2D eigenvalue weighted by molar-refractivity contribution is 7.80. The second-order valence-electron chi connectivity index (χ2n) is 8.28. The van der Waals surface area contributed by atoms with Crippen molar-refractivity contribution in [2.24, 2.45) is 5.41 Å². The van der Waals surface area contributed by atoms with E-state index >= 15 is 0 Å². The predicted molar refractivity (Wildman–Crippen MR) is 137 cm³/mol. The Morgan fingerprint density at radius 1 is 0.757 bits per heavy atom. The van der Waals surface area contributed by atoms with Crippen LogP contribution in [0.2, 0.25) is 0 Å². The molecule has 11 nitrogen and oxygen atoms in total. The quantitative estimate of drug-likeness (QED) is 0.298. The number of amides is 4. The summed E-state index contributed by atoms with van der Waals surface area (Å²) in [5.41, 5.74) is -0.842. The molecule has 12 heteroatoms. The van der Waals surface area contributed by atoms with E-state index in [2.05, 4.69) is 21.3 Å². The van der Waals surface area contributed by atoms with Gasteiger partial charge in [-0.25, -0.2) is 4.79 Å². The molecule has 0 bridgehead atoms. The monoisotopic (exact) mass is 528 g/mol. The van der Waals surface area contributed by atoms with Crippen LogP contribution in [0.3, 0.4) is 0 Å². The zero-order valence-electron chi connectivity index (χ0n) is 20.8. The lowest BCUT2D eigenvalue weighted by Gasteiger charge is -2.49. The Hall–Kier alpha value is -4.06. The van der Waals surface area contributed by atoms with Gasteiger partial charge in [-0.1, -0.05) is 12.1 Å². The average molecular weight is 529 g/mol. The number of carbonyl (C=O) groups excluding carboxylic acids is 3. The van der Waals surface area contributed by atoms with Crippen molar-refractivity contribution in [2.45, 2.75) is 25.9 Å². The third-order valence-electron chi connectivity index (χ3n) is 6.31. The molecule has 1 spiro atoms. The first kappa shape index (κ1) is 26.0. The van der Waals surface area contributed by atoms with Gasteiger partial charge >= 0.3 is 6.03 Å². The molecular formula is C25H28N4O7S. The fourth-order valence-corrected chi connectivity index (χ4v) is 4.98. The summed E-state index contributed by atoms with van der Waals surface area (Å²) in [5, 5.41) is 10.9. The van der Waals surface area contributed by atoms with Crippen molar-refractivity contribution in [1.82, 2.24) is 21.3 Å². The van der Waals surface area contributed by atoms with Gasteiger partial charge in [-0.2, -0.15) is 0 Å². The minimum Gasteiger partial charge on any atom is -0.493 e. The summed E-state index contributed by atoms with van der Waals surface area (Å²) in [4.78, 5) is 39.5. The van der Waals surface area contributed by atoms with Crippen molar-refractivity contribution < 1.29 is 33.3 Å². The molecule has 0 aromatic heterocycles. The lowest BCUT2D eigenvalue weighted by Crippen LogP contribution is -2.73. The van der Waals surface area contributed by atoms with E-state index < -0.39 is 35.3 Å². The number of methoxy groups -OCH3 is 2. The van der Waals surface area contributed by atoms with Crippen LogP contribution in [0.25, 0.3) is 0 Å². The molecule has 0 aliphatic carbocycles. The predicted octanol–water partition coefficient (Wildman–Crippen LogP) is 2.11. The van der Waals surface area contributed by atoms with Crippen LogP contribution in [-0.2, 0) is 9.59 Å². The van der Waals surface area contributed by atoms with E-state index in [-0.39, 0.29) is 5.11 Å². The van der Waals surface area contributed by atoms with Crippen LogP contribution < -0.4 is 40.2 Å². The number of benzene rings is 2. The van der Waals surface area contributed by atoms with Gasteiger partial charge in [-0.05, 0) is 61.5 Å². The van der Waals surface area contributed by atoms with Crippen molar-refractivity contribution in [3.8, 4) is 23.0 Å². The molecule has 4 rings (SSSR count). The minimum atomic E-state index is -1.88. The number of hydrogen-bond acceptors (Lipinski definition) is 8. The molecule has 2 unspecified atom stereocenters. The second-order valence-corrected chi connectivity index (χ2v) is 8.69. The Balaban J connectivity index is 1.92. The van der Waals surface area contributed by atoms with E-state index in [1.165, 1.54) is 14.2 Å². The van der Waals surface area contributed by atoms with E-state index in [1.54, 1.807) is 36.4 Å².